The molecule has 0 radical (unpaired) electrons. The zero-order chi connectivity index (χ0) is 23.2. The van der Waals surface area contributed by atoms with E-state index in [4.69, 9.17) is 0 Å². The van der Waals surface area contributed by atoms with Gasteiger partial charge in [-0.2, -0.15) is 5.26 Å². The summed E-state index contributed by atoms with van der Waals surface area (Å²) in [7, 11) is 0. The number of rotatable bonds is 7. The maximum absolute atomic E-state index is 9.71. The van der Waals surface area contributed by atoms with E-state index in [9.17, 15) is 5.26 Å². The molecule has 0 atom stereocenters. The average molecular weight is 461 g/mol. The third kappa shape index (κ3) is 4.98. The van der Waals surface area contributed by atoms with Crippen LogP contribution in [0.2, 0.25) is 0 Å². The molecule has 0 aliphatic rings. The van der Waals surface area contributed by atoms with Crippen molar-refractivity contribution >= 4 is 39.9 Å². The second kappa shape index (κ2) is 10.0. The molecular formula is C27H20N6S. The summed E-state index contributed by atoms with van der Waals surface area (Å²) in [6.07, 6.45) is 6.86. The Morgan fingerprint density at radius 2 is 1.68 bits per heavy atom. The molecule has 0 amide bonds. The van der Waals surface area contributed by atoms with E-state index in [1.807, 2.05) is 54.7 Å². The fraction of sp³-hybridized carbons (Fsp3) is 0.0370. The minimum absolute atomic E-state index is 0.472. The number of fused-ring (bicyclic) bond motifs is 1. The number of anilines is 3. The Balaban J connectivity index is 1.40. The third-order valence-electron chi connectivity index (χ3n) is 5.17. The lowest BCUT2D eigenvalue weighted by atomic mass is 10.1. The van der Waals surface area contributed by atoms with E-state index in [1.165, 1.54) is 4.90 Å². The van der Waals surface area contributed by atoms with Crippen LogP contribution in [0.1, 0.15) is 11.1 Å². The molecule has 0 saturated heterocycles. The van der Waals surface area contributed by atoms with Gasteiger partial charge in [0.15, 0.2) is 0 Å². The number of nitrogens with zero attached hydrogens (tertiary/aromatic N) is 4. The normalized spacial score (nSPS) is 10.6. The zero-order valence-electron chi connectivity index (χ0n) is 18.1. The molecule has 2 N–H and O–H groups in total. The Bertz CT molecular complexity index is 1450. The number of hydrogen-bond acceptors (Lipinski definition) is 7. The van der Waals surface area contributed by atoms with E-state index in [-0.39, 0.29) is 0 Å². The molecule has 7 heteroatoms. The lowest BCUT2D eigenvalue weighted by molar-refractivity contribution is 1.09. The first kappa shape index (κ1) is 21.4. The van der Waals surface area contributed by atoms with Crippen LogP contribution in [0, 0.1) is 11.3 Å². The number of pyridine rings is 3. The van der Waals surface area contributed by atoms with Crippen molar-refractivity contribution in [3.63, 3.8) is 0 Å². The Labute approximate surface area is 201 Å². The first-order chi connectivity index (χ1) is 16.8. The van der Waals surface area contributed by atoms with Crippen molar-refractivity contribution in [1.29, 1.82) is 5.26 Å². The summed E-state index contributed by atoms with van der Waals surface area (Å²) in [5, 5.41) is 17.3. The Morgan fingerprint density at radius 1 is 0.853 bits per heavy atom. The van der Waals surface area contributed by atoms with Crippen molar-refractivity contribution < 1.29 is 0 Å². The number of benzene rings is 2. The highest BCUT2D eigenvalue weighted by molar-refractivity contribution is 7.99. The summed E-state index contributed by atoms with van der Waals surface area (Å²) in [5.41, 5.74) is 3.84. The van der Waals surface area contributed by atoms with Gasteiger partial charge >= 0.3 is 0 Å². The standard InChI is InChI=1S/C27H20N6S/c28-14-20-17-30-25-18-32-26(31-16-19-5-4-12-29-15-19)13-24(25)27(20)33-21-8-10-23(11-9-21)34-22-6-2-1-3-7-22/h1-13,15,17-18H,16H2,(H,30,33)(H,31,32). The minimum Gasteiger partial charge on any atom is -0.366 e. The second-order valence-electron chi connectivity index (χ2n) is 7.52. The van der Waals surface area contributed by atoms with Crippen molar-refractivity contribution in [2.24, 2.45) is 0 Å². The predicted octanol–water partition coefficient (Wildman–Crippen LogP) is 6.40. The van der Waals surface area contributed by atoms with Crippen LogP contribution in [0.3, 0.4) is 0 Å². The van der Waals surface area contributed by atoms with Gasteiger partial charge in [0.25, 0.3) is 0 Å². The van der Waals surface area contributed by atoms with Gasteiger partial charge in [0.05, 0.1) is 23.0 Å². The summed E-state index contributed by atoms with van der Waals surface area (Å²) >= 11 is 1.71. The van der Waals surface area contributed by atoms with Gasteiger partial charge in [-0.15, -0.1) is 0 Å². The lowest BCUT2D eigenvalue weighted by Crippen LogP contribution is -2.03. The zero-order valence-corrected chi connectivity index (χ0v) is 19.0. The number of nitrogens with one attached hydrogen (secondary N) is 2. The van der Waals surface area contributed by atoms with Crippen LogP contribution in [-0.4, -0.2) is 15.0 Å². The molecule has 3 heterocycles. The molecule has 2 aromatic carbocycles. The van der Waals surface area contributed by atoms with Gasteiger partial charge < -0.3 is 10.6 Å². The van der Waals surface area contributed by atoms with E-state index in [1.54, 1.807) is 30.4 Å². The minimum atomic E-state index is 0.472. The summed E-state index contributed by atoms with van der Waals surface area (Å²) in [4.78, 5) is 15.4. The topological polar surface area (TPSA) is 86.5 Å². The Hall–Kier alpha value is -4.41. The van der Waals surface area contributed by atoms with Gasteiger partial charge in [0.2, 0.25) is 0 Å². The summed E-state index contributed by atoms with van der Waals surface area (Å²) in [6.45, 7) is 0.598. The average Bonchev–Trinajstić information content (AvgIpc) is 2.90. The van der Waals surface area contributed by atoms with Crippen molar-refractivity contribution in [2.45, 2.75) is 16.3 Å². The summed E-state index contributed by atoms with van der Waals surface area (Å²) < 4.78 is 0. The Morgan fingerprint density at radius 3 is 2.44 bits per heavy atom. The SMILES string of the molecule is N#Cc1cnc2cnc(NCc3cccnc3)cc2c1Nc1ccc(Sc2ccccc2)cc1. The molecule has 3 aromatic heterocycles. The molecular weight excluding hydrogens is 440 g/mol. The maximum Gasteiger partial charge on any atom is 0.126 e. The molecule has 5 aromatic rings. The van der Waals surface area contributed by atoms with Crippen LogP contribution in [0.25, 0.3) is 10.9 Å². The van der Waals surface area contributed by atoms with Gasteiger partial charge in [-0.05, 0) is 54.1 Å². The van der Waals surface area contributed by atoms with Crippen LogP contribution in [0.15, 0.2) is 107 Å². The fourth-order valence-electron chi connectivity index (χ4n) is 3.48. The highest BCUT2D eigenvalue weighted by atomic mass is 32.2. The summed E-state index contributed by atoms with van der Waals surface area (Å²) in [6, 6.07) is 26.5. The van der Waals surface area contributed by atoms with E-state index in [0.717, 1.165) is 21.5 Å². The lowest BCUT2D eigenvalue weighted by Gasteiger charge is -2.13. The van der Waals surface area contributed by atoms with E-state index in [0.29, 0.717) is 29.1 Å². The third-order valence-corrected chi connectivity index (χ3v) is 6.19. The summed E-state index contributed by atoms with van der Waals surface area (Å²) in [5.74, 6) is 0.700. The van der Waals surface area contributed by atoms with Crippen molar-refractivity contribution in [2.75, 3.05) is 10.6 Å². The number of aromatic nitrogens is 3. The molecule has 0 unspecified atom stereocenters. The first-order valence-corrected chi connectivity index (χ1v) is 11.5. The predicted molar refractivity (Wildman–Crippen MR) is 136 cm³/mol. The molecule has 34 heavy (non-hydrogen) atoms. The molecule has 0 saturated carbocycles. The molecule has 6 nitrogen and oxygen atoms in total. The monoisotopic (exact) mass is 460 g/mol. The van der Waals surface area contributed by atoms with E-state index in [2.05, 4.69) is 55.9 Å². The van der Waals surface area contributed by atoms with Crippen LogP contribution in [0.4, 0.5) is 17.2 Å². The van der Waals surface area contributed by atoms with Crippen LogP contribution in [-0.2, 0) is 6.54 Å². The smallest absolute Gasteiger partial charge is 0.126 e. The Kier molecular flexibility index (Phi) is 6.32. The largest absolute Gasteiger partial charge is 0.366 e. The molecule has 0 aliphatic carbocycles. The fourth-order valence-corrected chi connectivity index (χ4v) is 4.32. The van der Waals surface area contributed by atoms with Gasteiger partial charge in [0.1, 0.15) is 11.9 Å². The molecule has 0 bridgehead atoms. The second-order valence-corrected chi connectivity index (χ2v) is 8.67. The van der Waals surface area contributed by atoms with Gasteiger partial charge in [-0.1, -0.05) is 36.0 Å². The quantitative estimate of drug-likeness (QED) is 0.290. The molecule has 0 spiro atoms. The van der Waals surface area contributed by atoms with Gasteiger partial charge in [-0.25, -0.2) is 4.98 Å². The van der Waals surface area contributed by atoms with Gasteiger partial charge in [0, 0.05) is 46.0 Å². The van der Waals surface area contributed by atoms with Crippen molar-refractivity contribution in [3.05, 3.63) is 109 Å². The first-order valence-electron chi connectivity index (χ1n) is 10.7. The van der Waals surface area contributed by atoms with Crippen molar-refractivity contribution in [1.82, 2.24) is 15.0 Å². The highest BCUT2D eigenvalue weighted by Crippen LogP contribution is 2.32. The van der Waals surface area contributed by atoms with Gasteiger partial charge in [-0.3, -0.25) is 9.97 Å². The van der Waals surface area contributed by atoms with Crippen LogP contribution >= 0.6 is 11.8 Å². The molecule has 0 fully saturated rings. The molecule has 5 rings (SSSR count). The van der Waals surface area contributed by atoms with E-state index < -0.39 is 0 Å². The van der Waals surface area contributed by atoms with Crippen LogP contribution < -0.4 is 10.6 Å². The maximum atomic E-state index is 9.71. The number of hydrogen-bond donors (Lipinski definition) is 2. The molecule has 0 aliphatic heterocycles. The highest BCUT2D eigenvalue weighted by Gasteiger charge is 2.11. The van der Waals surface area contributed by atoms with E-state index >= 15 is 0 Å². The van der Waals surface area contributed by atoms with Crippen LogP contribution in [0.5, 0.6) is 0 Å². The molecule has 164 valence electrons. The number of nitriles is 1. The van der Waals surface area contributed by atoms with Crippen molar-refractivity contribution in [3.8, 4) is 6.07 Å².